The molecular formula is C21H29BrO3. The molecule has 0 unspecified atom stereocenters. The SMILES string of the molecule is C[C@]12CC[C@H](OC(=O)CBr)CC1=CC[C@@H]1[C@@H]2CC[C@]2(C)C(=O)CC[C@@H]12. The fraction of sp³-hybridized carbons (Fsp3) is 0.810. The Labute approximate surface area is 159 Å². The molecule has 0 aromatic carbocycles. The van der Waals surface area contributed by atoms with Gasteiger partial charge in [0, 0.05) is 18.3 Å². The zero-order valence-corrected chi connectivity index (χ0v) is 16.9. The lowest BCUT2D eigenvalue weighted by Gasteiger charge is -2.56. The Hall–Kier alpha value is -0.640. The molecule has 6 atom stereocenters. The zero-order valence-electron chi connectivity index (χ0n) is 15.4. The molecule has 4 heteroatoms. The normalized spacial score (nSPS) is 45.9. The first kappa shape index (κ1) is 17.8. The summed E-state index contributed by atoms with van der Waals surface area (Å²) in [6.07, 6.45) is 10.7. The van der Waals surface area contributed by atoms with E-state index in [1.807, 2.05) is 0 Å². The first-order chi connectivity index (χ1) is 11.9. The smallest absolute Gasteiger partial charge is 0.316 e. The molecule has 0 saturated heterocycles. The van der Waals surface area contributed by atoms with E-state index in [0.29, 0.717) is 23.5 Å². The number of alkyl halides is 1. The minimum absolute atomic E-state index is 0.0443. The van der Waals surface area contributed by atoms with Crippen LogP contribution in [0.2, 0.25) is 0 Å². The maximum Gasteiger partial charge on any atom is 0.316 e. The van der Waals surface area contributed by atoms with Gasteiger partial charge in [-0.3, -0.25) is 9.59 Å². The number of allylic oxidation sites excluding steroid dienone is 1. The number of ether oxygens (including phenoxy) is 1. The number of Topliss-reactive ketones (excluding diaryl/α,β-unsaturated/α-hetero) is 1. The summed E-state index contributed by atoms with van der Waals surface area (Å²) >= 11 is 3.19. The minimum Gasteiger partial charge on any atom is -0.461 e. The highest BCUT2D eigenvalue weighted by atomic mass is 79.9. The Balaban J connectivity index is 1.56. The second-order valence-corrected chi connectivity index (χ2v) is 9.73. The van der Waals surface area contributed by atoms with Gasteiger partial charge in [0.25, 0.3) is 0 Å². The molecule has 25 heavy (non-hydrogen) atoms. The van der Waals surface area contributed by atoms with E-state index in [4.69, 9.17) is 4.74 Å². The zero-order chi connectivity index (χ0) is 17.8. The van der Waals surface area contributed by atoms with E-state index < -0.39 is 0 Å². The molecule has 0 spiro atoms. The summed E-state index contributed by atoms with van der Waals surface area (Å²) in [6.45, 7) is 4.68. The lowest BCUT2D eigenvalue weighted by molar-refractivity contribution is -0.148. The second-order valence-electron chi connectivity index (χ2n) is 9.17. The van der Waals surface area contributed by atoms with Crippen molar-refractivity contribution < 1.29 is 14.3 Å². The van der Waals surface area contributed by atoms with E-state index in [-0.39, 0.29) is 28.2 Å². The van der Waals surface area contributed by atoms with Crippen LogP contribution in [0.3, 0.4) is 0 Å². The molecule has 4 rings (SSSR count). The van der Waals surface area contributed by atoms with Gasteiger partial charge in [0.1, 0.15) is 17.2 Å². The monoisotopic (exact) mass is 408 g/mol. The molecule has 0 amide bonds. The molecule has 138 valence electrons. The van der Waals surface area contributed by atoms with Crippen molar-refractivity contribution in [2.75, 3.05) is 5.33 Å². The van der Waals surface area contributed by atoms with Crippen LogP contribution < -0.4 is 0 Å². The van der Waals surface area contributed by atoms with Crippen LogP contribution in [0.4, 0.5) is 0 Å². The van der Waals surface area contributed by atoms with E-state index >= 15 is 0 Å². The Morgan fingerprint density at radius 3 is 2.68 bits per heavy atom. The molecule has 3 fully saturated rings. The first-order valence-corrected chi connectivity index (χ1v) is 11.0. The molecule has 4 aliphatic carbocycles. The third kappa shape index (κ3) is 2.65. The third-order valence-corrected chi connectivity index (χ3v) is 8.63. The van der Waals surface area contributed by atoms with Crippen molar-refractivity contribution >= 4 is 27.7 Å². The highest BCUT2D eigenvalue weighted by Gasteiger charge is 2.58. The van der Waals surface area contributed by atoms with E-state index in [2.05, 4.69) is 35.9 Å². The van der Waals surface area contributed by atoms with Gasteiger partial charge in [0.05, 0.1) is 0 Å². The summed E-state index contributed by atoms with van der Waals surface area (Å²) in [7, 11) is 0. The molecule has 3 saturated carbocycles. The second kappa shape index (κ2) is 6.21. The van der Waals surface area contributed by atoms with Gasteiger partial charge in [-0.1, -0.05) is 41.4 Å². The largest absolute Gasteiger partial charge is 0.461 e. The molecule has 0 aliphatic heterocycles. The van der Waals surface area contributed by atoms with Gasteiger partial charge in [-0.05, 0) is 61.7 Å². The topological polar surface area (TPSA) is 43.4 Å². The fourth-order valence-electron chi connectivity index (χ4n) is 6.72. The van der Waals surface area contributed by atoms with Crippen LogP contribution in [0.1, 0.15) is 65.2 Å². The van der Waals surface area contributed by atoms with Gasteiger partial charge in [-0.2, -0.15) is 0 Å². The van der Waals surface area contributed by atoms with Gasteiger partial charge < -0.3 is 4.74 Å². The van der Waals surface area contributed by atoms with Crippen LogP contribution in [-0.2, 0) is 14.3 Å². The van der Waals surface area contributed by atoms with Crippen LogP contribution in [0.5, 0.6) is 0 Å². The van der Waals surface area contributed by atoms with Crippen molar-refractivity contribution in [3.8, 4) is 0 Å². The molecule has 0 aromatic heterocycles. The predicted molar refractivity (Wildman–Crippen MR) is 100 cm³/mol. The summed E-state index contributed by atoms with van der Waals surface area (Å²) in [6, 6.07) is 0. The summed E-state index contributed by atoms with van der Waals surface area (Å²) < 4.78 is 5.60. The summed E-state index contributed by atoms with van der Waals surface area (Å²) in [5, 5.41) is 0.277. The number of carbonyl (C=O) groups is 2. The molecule has 4 aliphatic rings. The van der Waals surface area contributed by atoms with Crippen molar-refractivity contribution in [2.45, 2.75) is 71.3 Å². The van der Waals surface area contributed by atoms with E-state index in [9.17, 15) is 9.59 Å². The highest BCUT2D eigenvalue weighted by Crippen LogP contribution is 2.64. The highest BCUT2D eigenvalue weighted by molar-refractivity contribution is 9.09. The van der Waals surface area contributed by atoms with Crippen molar-refractivity contribution in [3.63, 3.8) is 0 Å². The number of hydrogen-bond donors (Lipinski definition) is 0. The quantitative estimate of drug-likeness (QED) is 0.373. The van der Waals surface area contributed by atoms with Crippen molar-refractivity contribution in [2.24, 2.45) is 28.6 Å². The van der Waals surface area contributed by atoms with Crippen molar-refractivity contribution in [3.05, 3.63) is 11.6 Å². The van der Waals surface area contributed by atoms with Crippen molar-refractivity contribution in [1.82, 2.24) is 0 Å². The molecule has 0 bridgehead atoms. The Bertz CT molecular complexity index is 627. The number of halogens is 1. The average Bonchev–Trinajstić information content (AvgIpc) is 2.90. The lowest BCUT2D eigenvalue weighted by atomic mass is 9.48. The number of esters is 1. The van der Waals surface area contributed by atoms with Crippen molar-refractivity contribution in [1.29, 1.82) is 0 Å². The molecule has 0 aromatic rings. The molecular weight excluding hydrogens is 380 g/mol. The van der Waals surface area contributed by atoms with Gasteiger partial charge in [-0.15, -0.1) is 0 Å². The fourth-order valence-corrected chi connectivity index (χ4v) is 6.85. The van der Waals surface area contributed by atoms with Gasteiger partial charge in [-0.25, -0.2) is 0 Å². The first-order valence-electron chi connectivity index (χ1n) is 9.87. The number of fused-ring (bicyclic) bond motifs is 5. The van der Waals surface area contributed by atoms with Crippen LogP contribution >= 0.6 is 15.9 Å². The molecule has 0 heterocycles. The molecule has 3 nitrogen and oxygen atoms in total. The van der Waals surface area contributed by atoms with Crippen LogP contribution in [0.15, 0.2) is 11.6 Å². The van der Waals surface area contributed by atoms with Gasteiger partial charge in [0.15, 0.2) is 0 Å². The van der Waals surface area contributed by atoms with Crippen LogP contribution in [0, 0.1) is 28.6 Å². The standard InChI is InChI=1S/C21H29BrO3/c1-20-9-7-14(25-19(24)12-22)11-13(20)3-4-15-16-5-6-18(23)21(16,2)10-8-17(15)20/h3,14-17H,4-12H2,1-2H3/t14-,15-,16-,17-,20-,21-/m0/s1. The maximum atomic E-state index is 12.5. The molecule has 0 N–H and O–H groups in total. The minimum atomic E-state index is -0.152. The van der Waals surface area contributed by atoms with E-state index in [1.165, 1.54) is 12.0 Å². The van der Waals surface area contributed by atoms with Crippen LogP contribution in [0.25, 0.3) is 0 Å². The maximum absolute atomic E-state index is 12.5. The number of ketones is 1. The third-order valence-electron chi connectivity index (χ3n) is 8.17. The number of hydrogen-bond acceptors (Lipinski definition) is 3. The van der Waals surface area contributed by atoms with E-state index in [1.54, 1.807) is 0 Å². The summed E-state index contributed by atoms with van der Waals surface area (Å²) in [5.74, 6) is 2.31. The van der Waals surface area contributed by atoms with Crippen LogP contribution in [-0.4, -0.2) is 23.2 Å². The summed E-state index contributed by atoms with van der Waals surface area (Å²) in [4.78, 5) is 24.1. The lowest BCUT2D eigenvalue weighted by Crippen LogP contribution is -2.50. The van der Waals surface area contributed by atoms with Gasteiger partial charge >= 0.3 is 5.97 Å². The Kier molecular flexibility index (Phi) is 4.41. The number of rotatable bonds is 2. The Morgan fingerprint density at radius 1 is 1.20 bits per heavy atom. The average molecular weight is 409 g/mol. The summed E-state index contributed by atoms with van der Waals surface area (Å²) in [5.41, 5.74) is 1.71. The molecule has 0 radical (unpaired) electrons. The van der Waals surface area contributed by atoms with Gasteiger partial charge in [0.2, 0.25) is 0 Å². The number of carbonyl (C=O) groups excluding carboxylic acids is 2. The van der Waals surface area contributed by atoms with E-state index in [0.717, 1.165) is 44.9 Å². The predicted octanol–water partition coefficient (Wildman–Crippen LogP) is 4.83. The Morgan fingerprint density at radius 2 is 1.92 bits per heavy atom.